The number of carbonyl (C=O) groups is 1. The predicted molar refractivity (Wildman–Crippen MR) is 53.6 cm³/mol. The van der Waals surface area contributed by atoms with Crippen molar-refractivity contribution >= 4 is 5.91 Å². The number of hydrogen-bond donors (Lipinski definition) is 0. The largest absolute Gasteiger partial charge is 0.356 e. The van der Waals surface area contributed by atoms with Crippen LogP contribution in [0.3, 0.4) is 0 Å². The molecular weight excluding hydrogens is 178 g/mol. The van der Waals surface area contributed by atoms with Gasteiger partial charge in [-0.1, -0.05) is 13.8 Å². The Morgan fingerprint density at radius 1 is 1.57 bits per heavy atom. The number of amides is 1. The Kier molecular flexibility index (Phi) is 2.11. The van der Waals surface area contributed by atoms with Crippen LogP contribution >= 0.6 is 0 Å². The summed E-state index contributed by atoms with van der Waals surface area (Å²) in [4.78, 5) is 13.8. The fourth-order valence-corrected chi connectivity index (χ4v) is 2.76. The van der Waals surface area contributed by atoms with Crippen LogP contribution in [-0.4, -0.2) is 29.2 Å². The minimum absolute atomic E-state index is 0.244. The van der Waals surface area contributed by atoms with Gasteiger partial charge in [-0.25, -0.2) is 0 Å². The zero-order valence-electron chi connectivity index (χ0n) is 9.41. The first-order valence-corrected chi connectivity index (χ1v) is 5.46. The molecule has 3 heteroatoms. The van der Waals surface area contributed by atoms with Crippen molar-refractivity contribution in [2.24, 2.45) is 11.8 Å². The number of rotatable bonds is 1. The molecule has 3 atom stereocenters. The summed E-state index contributed by atoms with van der Waals surface area (Å²) in [5.74, 6) is 0.993. The molecule has 0 radical (unpaired) electrons. The molecule has 2 rings (SSSR count). The maximum Gasteiger partial charge on any atom is 0.230 e. The molecule has 0 unspecified atom stereocenters. The highest BCUT2D eigenvalue weighted by molar-refractivity contribution is 5.86. The van der Waals surface area contributed by atoms with Crippen LogP contribution in [0.15, 0.2) is 0 Å². The fraction of sp³-hybridized carbons (Fsp3) is 0.909. The van der Waals surface area contributed by atoms with Gasteiger partial charge in [-0.05, 0) is 20.3 Å². The molecule has 0 aromatic heterocycles. The molecule has 3 nitrogen and oxygen atoms in total. The van der Waals surface area contributed by atoms with Crippen molar-refractivity contribution in [3.05, 3.63) is 0 Å². The molecule has 0 aliphatic carbocycles. The van der Waals surface area contributed by atoms with Gasteiger partial charge in [-0.15, -0.1) is 0 Å². The first-order chi connectivity index (χ1) is 6.49. The predicted octanol–water partition coefficient (Wildman–Crippen LogP) is 1.63. The third-order valence-corrected chi connectivity index (χ3v) is 3.57. The van der Waals surface area contributed by atoms with Crippen LogP contribution in [0, 0.1) is 11.8 Å². The van der Waals surface area contributed by atoms with Crippen molar-refractivity contribution in [1.82, 2.24) is 4.90 Å². The Hall–Kier alpha value is -0.570. The van der Waals surface area contributed by atoms with E-state index >= 15 is 0 Å². The number of nitrogens with zero attached hydrogens (tertiary/aromatic N) is 1. The zero-order valence-corrected chi connectivity index (χ0v) is 9.41. The van der Waals surface area contributed by atoms with Gasteiger partial charge in [0, 0.05) is 5.92 Å². The van der Waals surface area contributed by atoms with Crippen molar-refractivity contribution < 1.29 is 9.53 Å². The summed E-state index contributed by atoms with van der Waals surface area (Å²) in [6.45, 7) is 9.00. The van der Waals surface area contributed by atoms with E-state index in [4.69, 9.17) is 4.74 Å². The number of β-lactam (4-membered cyclic amide) rings is 1. The van der Waals surface area contributed by atoms with Gasteiger partial charge in [0.15, 0.2) is 0 Å². The number of carbonyl (C=O) groups excluding carboxylic acids is 1. The normalized spacial score (nSPS) is 40.4. The second-order valence-corrected chi connectivity index (χ2v) is 4.95. The second kappa shape index (κ2) is 2.96. The maximum absolute atomic E-state index is 11.8. The Morgan fingerprint density at radius 3 is 2.79 bits per heavy atom. The molecule has 14 heavy (non-hydrogen) atoms. The van der Waals surface area contributed by atoms with Crippen LogP contribution in [0.4, 0.5) is 0 Å². The summed E-state index contributed by atoms with van der Waals surface area (Å²) in [6.07, 6.45) is 0.959. The van der Waals surface area contributed by atoms with Gasteiger partial charge >= 0.3 is 0 Å². The van der Waals surface area contributed by atoms with E-state index in [0.29, 0.717) is 12.0 Å². The minimum atomic E-state index is -0.389. The molecule has 0 bridgehead atoms. The lowest BCUT2D eigenvalue weighted by atomic mass is 9.75. The Morgan fingerprint density at radius 2 is 2.21 bits per heavy atom. The van der Waals surface area contributed by atoms with Gasteiger partial charge in [0.05, 0.1) is 18.6 Å². The number of ether oxygens (including phenoxy) is 1. The molecule has 2 saturated heterocycles. The smallest absolute Gasteiger partial charge is 0.230 e. The summed E-state index contributed by atoms with van der Waals surface area (Å²) in [5, 5.41) is 0. The van der Waals surface area contributed by atoms with Gasteiger partial charge < -0.3 is 9.64 Å². The highest BCUT2D eigenvalue weighted by Gasteiger charge is 2.57. The van der Waals surface area contributed by atoms with Crippen molar-refractivity contribution in [1.29, 1.82) is 0 Å². The second-order valence-electron chi connectivity index (χ2n) is 4.95. The number of hydrogen-bond acceptors (Lipinski definition) is 2. The zero-order chi connectivity index (χ0) is 10.5. The van der Waals surface area contributed by atoms with E-state index in [1.54, 1.807) is 0 Å². The van der Waals surface area contributed by atoms with Crippen LogP contribution in [0.2, 0.25) is 0 Å². The van der Waals surface area contributed by atoms with Gasteiger partial charge in [-0.2, -0.15) is 0 Å². The van der Waals surface area contributed by atoms with Crippen molar-refractivity contribution in [3.63, 3.8) is 0 Å². The van der Waals surface area contributed by atoms with Crippen molar-refractivity contribution in [2.75, 3.05) is 6.61 Å². The molecule has 1 amide bonds. The molecule has 2 heterocycles. The van der Waals surface area contributed by atoms with E-state index in [9.17, 15) is 4.79 Å². The van der Waals surface area contributed by atoms with Crippen LogP contribution in [0.5, 0.6) is 0 Å². The molecule has 0 aromatic carbocycles. The van der Waals surface area contributed by atoms with Crippen LogP contribution < -0.4 is 0 Å². The Labute approximate surface area is 85.4 Å². The lowest BCUT2D eigenvalue weighted by molar-refractivity contribution is -0.247. The maximum atomic E-state index is 11.8. The molecule has 0 spiro atoms. The Balaban J connectivity index is 2.22. The molecule has 2 fully saturated rings. The van der Waals surface area contributed by atoms with E-state index in [1.807, 2.05) is 18.7 Å². The summed E-state index contributed by atoms with van der Waals surface area (Å²) in [6, 6.07) is 0.413. The molecule has 0 aromatic rings. The number of fused-ring (bicyclic) bond motifs is 1. The fourth-order valence-electron chi connectivity index (χ4n) is 2.76. The van der Waals surface area contributed by atoms with Gasteiger partial charge in [0.25, 0.3) is 0 Å². The lowest BCUT2D eigenvalue weighted by Crippen LogP contribution is -2.73. The van der Waals surface area contributed by atoms with E-state index < -0.39 is 0 Å². The average Bonchev–Trinajstić information content (AvgIpc) is 2.09. The van der Waals surface area contributed by atoms with E-state index in [2.05, 4.69) is 13.8 Å². The first kappa shape index (κ1) is 9.97. The third-order valence-electron chi connectivity index (χ3n) is 3.57. The van der Waals surface area contributed by atoms with Crippen LogP contribution in [-0.2, 0) is 9.53 Å². The van der Waals surface area contributed by atoms with Crippen molar-refractivity contribution in [3.8, 4) is 0 Å². The molecule has 80 valence electrons. The topological polar surface area (TPSA) is 29.5 Å². The standard InChI is InChI=1S/C11H19NO2/c1-5-8-9-7(2)6-14-11(3,4)12(9)10(8)13/h7-9H,5-6H2,1-4H3/t7-,8-,9-/m1/s1. The quantitative estimate of drug-likeness (QED) is 0.598. The van der Waals surface area contributed by atoms with Gasteiger partial charge in [0.2, 0.25) is 5.91 Å². The summed E-state index contributed by atoms with van der Waals surface area (Å²) < 4.78 is 5.68. The van der Waals surface area contributed by atoms with Crippen LogP contribution in [0.1, 0.15) is 34.1 Å². The van der Waals surface area contributed by atoms with E-state index in [-0.39, 0.29) is 17.6 Å². The monoisotopic (exact) mass is 197 g/mol. The van der Waals surface area contributed by atoms with E-state index in [1.165, 1.54) is 0 Å². The average molecular weight is 197 g/mol. The van der Waals surface area contributed by atoms with Crippen molar-refractivity contribution in [2.45, 2.75) is 45.9 Å². The van der Waals surface area contributed by atoms with Gasteiger partial charge in [-0.3, -0.25) is 4.79 Å². The highest BCUT2D eigenvalue weighted by Crippen LogP contribution is 2.43. The summed E-state index contributed by atoms with van der Waals surface area (Å²) in [5.41, 5.74) is -0.389. The van der Waals surface area contributed by atoms with E-state index in [0.717, 1.165) is 13.0 Å². The molecule has 0 saturated carbocycles. The lowest BCUT2D eigenvalue weighted by Gasteiger charge is -2.59. The Bertz CT molecular complexity index is 262. The summed E-state index contributed by atoms with van der Waals surface area (Å²) >= 11 is 0. The molecular formula is C11H19NO2. The third kappa shape index (κ3) is 1.11. The summed E-state index contributed by atoms with van der Waals surface area (Å²) in [7, 11) is 0. The van der Waals surface area contributed by atoms with Gasteiger partial charge in [0.1, 0.15) is 5.72 Å². The molecule has 2 aliphatic heterocycles. The molecule has 0 N–H and O–H groups in total. The van der Waals surface area contributed by atoms with Crippen LogP contribution in [0.25, 0.3) is 0 Å². The molecule has 2 aliphatic rings. The SMILES string of the molecule is CC[C@H]1C(=O)N2[C@@H]1[C@H](C)COC2(C)C. The minimum Gasteiger partial charge on any atom is -0.356 e. The highest BCUT2D eigenvalue weighted by atomic mass is 16.5. The first-order valence-electron chi connectivity index (χ1n) is 5.46.